The SMILES string of the molecule is CCN1c2ccc3ccccc3c2C(CC)(CC)C12C=Nc1c(ccc3ccc(Oc4ccccc4)cc13)O2. The molecule has 2 aliphatic heterocycles. The molecule has 2 heterocycles. The number of likely N-dealkylation sites (N-methyl/N-ethyl adjacent to an activating group) is 1. The second-order valence-electron chi connectivity index (χ2n) is 10.5. The molecule has 0 aromatic heterocycles. The number of rotatable bonds is 5. The van der Waals surface area contributed by atoms with Gasteiger partial charge in [-0.1, -0.05) is 74.5 Å². The van der Waals surface area contributed by atoms with Gasteiger partial charge < -0.3 is 14.4 Å². The van der Waals surface area contributed by atoms with Crippen molar-refractivity contribution >= 4 is 39.1 Å². The largest absolute Gasteiger partial charge is 0.459 e. The molecule has 5 aromatic rings. The van der Waals surface area contributed by atoms with Gasteiger partial charge in [0.15, 0.2) is 0 Å². The van der Waals surface area contributed by atoms with E-state index in [-0.39, 0.29) is 5.41 Å². The minimum Gasteiger partial charge on any atom is -0.459 e. The van der Waals surface area contributed by atoms with Crippen molar-refractivity contribution in [2.45, 2.75) is 44.8 Å². The lowest BCUT2D eigenvalue weighted by atomic mass is 9.68. The first-order chi connectivity index (χ1) is 19.1. The van der Waals surface area contributed by atoms with Crippen LogP contribution in [0.15, 0.2) is 102 Å². The van der Waals surface area contributed by atoms with Gasteiger partial charge in [-0.05, 0) is 77.9 Å². The van der Waals surface area contributed by atoms with Gasteiger partial charge in [0, 0.05) is 17.6 Å². The summed E-state index contributed by atoms with van der Waals surface area (Å²) < 4.78 is 13.4. The Kier molecular flexibility index (Phi) is 5.41. The number of nitrogens with zero attached hydrogens (tertiary/aromatic N) is 2. The van der Waals surface area contributed by atoms with Crippen LogP contribution in [0, 0.1) is 0 Å². The molecule has 39 heavy (non-hydrogen) atoms. The van der Waals surface area contributed by atoms with Crippen LogP contribution in [-0.4, -0.2) is 18.5 Å². The van der Waals surface area contributed by atoms with E-state index in [0.717, 1.165) is 53.1 Å². The summed E-state index contributed by atoms with van der Waals surface area (Å²) in [5, 5.41) is 4.70. The Morgan fingerprint density at radius 1 is 0.744 bits per heavy atom. The summed E-state index contributed by atoms with van der Waals surface area (Å²) in [6.07, 6.45) is 3.96. The normalized spacial score (nSPS) is 18.8. The zero-order chi connectivity index (χ0) is 26.6. The fraction of sp³-hybridized carbons (Fsp3) is 0.229. The van der Waals surface area contributed by atoms with Crippen LogP contribution in [0.25, 0.3) is 21.5 Å². The summed E-state index contributed by atoms with van der Waals surface area (Å²) in [5.41, 5.74) is 2.51. The van der Waals surface area contributed by atoms with Gasteiger partial charge in [-0.25, -0.2) is 0 Å². The molecule has 194 valence electrons. The summed E-state index contributed by atoms with van der Waals surface area (Å²) in [6, 6.07) is 33.5. The summed E-state index contributed by atoms with van der Waals surface area (Å²) in [5.74, 6) is 2.40. The topological polar surface area (TPSA) is 34.1 Å². The van der Waals surface area contributed by atoms with E-state index >= 15 is 0 Å². The first-order valence-corrected chi connectivity index (χ1v) is 14.0. The van der Waals surface area contributed by atoms with Crippen molar-refractivity contribution in [2.24, 2.45) is 4.99 Å². The van der Waals surface area contributed by atoms with Crippen LogP contribution in [0.5, 0.6) is 17.2 Å². The van der Waals surface area contributed by atoms with Crippen LogP contribution in [0.2, 0.25) is 0 Å². The maximum atomic E-state index is 7.22. The highest BCUT2D eigenvalue weighted by atomic mass is 16.5. The fourth-order valence-electron chi connectivity index (χ4n) is 6.98. The van der Waals surface area contributed by atoms with Crippen molar-refractivity contribution in [3.63, 3.8) is 0 Å². The van der Waals surface area contributed by atoms with Crippen LogP contribution in [-0.2, 0) is 5.41 Å². The van der Waals surface area contributed by atoms with Crippen molar-refractivity contribution in [3.05, 3.63) is 103 Å². The molecule has 0 N–H and O–H groups in total. The Morgan fingerprint density at radius 2 is 1.46 bits per heavy atom. The number of hydrogen-bond donors (Lipinski definition) is 0. The predicted octanol–water partition coefficient (Wildman–Crippen LogP) is 9.17. The first kappa shape index (κ1) is 23.8. The van der Waals surface area contributed by atoms with Crippen molar-refractivity contribution in [2.75, 3.05) is 11.4 Å². The van der Waals surface area contributed by atoms with Crippen LogP contribution in [0.4, 0.5) is 11.4 Å². The smallest absolute Gasteiger partial charge is 0.229 e. The molecular weight excluding hydrogens is 480 g/mol. The maximum absolute atomic E-state index is 7.22. The Bertz CT molecular complexity index is 1740. The first-order valence-electron chi connectivity index (χ1n) is 14.0. The predicted molar refractivity (Wildman–Crippen MR) is 161 cm³/mol. The van der Waals surface area contributed by atoms with Gasteiger partial charge in [-0.3, -0.25) is 4.99 Å². The van der Waals surface area contributed by atoms with Gasteiger partial charge in [0.2, 0.25) is 5.72 Å². The van der Waals surface area contributed by atoms with Gasteiger partial charge in [0.05, 0.1) is 11.6 Å². The van der Waals surface area contributed by atoms with Gasteiger partial charge in [0.25, 0.3) is 0 Å². The van der Waals surface area contributed by atoms with E-state index < -0.39 is 5.72 Å². The Hall–Kier alpha value is -4.31. The molecule has 5 aromatic carbocycles. The quantitative estimate of drug-likeness (QED) is 0.235. The number of anilines is 1. The summed E-state index contributed by atoms with van der Waals surface area (Å²) in [7, 11) is 0. The number of fused-ring (bicyclic) bond motifs is 6. The molecule has 1 atom stereocenters. The summed E-state index contributed by atoms with van der Waals surface area (Å²) >= 11 is 0. The summed E-state index contributed by atoms with van der Waals surface area (Å²) in [4.78, 5) is 7.63. The third-order valence-corrected chi connectivity index (χ3v) is 8.83. The van der Waals surface area contributed by atoms with Crippen LogP contribution >= 0.6 is 0 Å². The van der Waals surface area contributed by atoms with Gasteiger partial charge in [0.1, 0.15) is 22.9 Å². The van der Waals surface area contributed by atoms with Crippen LogP contribution < -0.4 is 14.4 Å². The molecule has 1 spiro atoms. The van der Waals surface area contributed by atoms with E-state index in [0.29, 0.717) is 0 Å². The van der Waals surface area contributed by atoms with Crippen LogP contribution in [0.1, 0.15) is 39.2 Å². The Labute approximate surface area is 229 Å². The van der Waals surface area contributed by atoms with E-state index in [4.69, 9.17) is 14.5 Å². The molecule has 0 fully saturated rings. The average Bonchev–Trinajstić information content (AvgIpc) is 3.22. The Morgan fingerprint density at radius 3 is 2.26 bits per heavy atom. The minimum atomic E-state index is -0.712. The Balaban J connectivity index is 1.39. The highest BCUT2D eigenvalue weighted by molar-refractivity contribution is 6.02. The molecule has 0 aliphatic carbocycles. The fourth-order valence-corrected chi connectivity index (χ4v) is 6.98. The van der Waals surface area contributed by atoms with Crippen LogP contribution in [0.3, 0.4) is 0 Å². The van der Waals surface area contributed by atoms with E-state index in [1.54, 1.807) is 0 Å². The zero-order valence-electron chi connectivity index (χ0n) is 22.6. The average molecular weight is 513 g/mol. The van der Waals surface area contributed by atoms with Crippen molar-refractivity contribution in [1.29, 1.82) is 0 Å². The van der Waals surface area contributed by atoms with E-state index in [2.05, 4.69) is 92.5 Å². The molecule has 2 aliphatic rings. The summed E-state index contributed by atoms with van der Waals surface area (Å²) in [6.45, 7) is 7.60. The number of hydrogen-bond acceptors (Lipinski definition) is 4. The third-order valence-electron chi connectivity index (χ3n) is 8.83. The zero-order valence-corrected chi connectivity index (χ0v) is 22.6. The second kappa shape index (κ2) is 8.88. The highest BCUT2D eigenvalue weighted by Gasteiger charge is 2.63. The lowest BCUT2D eigenvalue weighted by Crippen LogP contribution is -2.63. The standard InChI is InChI=1S/C35H32N2O2/c1-4-34(5-2)32-28-15-11-10-12-24(28)17-20-30(32)37(6-3)35(34)23-36-33-29-22-27(38-26-13-8-7-9-14-26)19-16-25(29)18-21-31(33)39-35/h7-23H,4-6H2,1-3H3. The minimum absolute atomic E-state index is 0.256. The molecule has 4 heteroatoms. The van der Waals surface area contributed by atoms with Crippen molar-refractivity contribution in [1.82, 2.24) is 0 Å². The molecule has 0 saturated heterocycles. The monoisotopic (exact) mass is 512 g/mol. The number of ether oxygens (including phenoxy) is 2. The van der Waals surface area contributed by atoms with Gasteiger partial charge >= 0.3 is 0 Å². The molecule has 0 saturated carbocycles. The molecule has 0 bridgehead atoms. The molecule has 0 radical (unpaired) electrons. The number of aliphatic imine (C=N–C) groups is 1. The molecule has 4 nitrogen and oxygen atoms in total. The third kappa shape index (κ3) is 3.27. The van der Waals surface area contributed by atoms with Crippen molar-refractivity contribution in [3.8, 4) is 17.2 Å². The second-order valence-corrected chi connectivity index (χ2v) is 10.5. The highest BCUT2D eigenvalue weighted by Crippen LogP contribution is 2.59. The maximum Gasteiger partial charge on any atom is 0.229 e. The van der Waals surface area contributed by atoms with Gasteiger partial charge in [-0.2, -0.15) is 0 Å². The van der Waals surface area contributed by atoms with Gasteiger partial charge in [-0.15, -0.1) is 0 Å². The van der Waals surface area contributed by atoms with E-state index in [1.807, 2.05) is 36.4 Å². The lowest BCUT2D eigenvalue weighted by Gasteiger charge is -2.48. The molecule has 0 amide bonds. The molecular formula is C35H32N2O2. The number of benzene rings is 5. The van der Waals surface area contributed by atoms with E-state index in [1.165, 1.54) is 22.0 Å². The molecule has 7 rings (SSSR count). The lowest BCUT2D eigenvalue weighted by molar-refractivity contribution is 0.0549. The molecule has 1 unspecified atom stereocenters. The van der Waals surface area contributed by atoms with E-state index in [9.17, 15) is 0 Å². The van der Waals surface area contributed by atoms with Crippen molar-refractivity contribution < 1.29 is 9.47 Å². The number of para-hydroxylation sites is 1.